The summed E-state index contributed by atoms with van der Waals surface area (Å²) in [6.07, 6.45) is 4.94. The lowest BCUT2D eigenvalue weighted by atomic mass is 9.79. The summed E-state index contributed by atoms with van der Waals surface area (Å²) in [4.78, 5) is 28.4. The maximum Gasteiger partial charge on any atom is 0.270 e. The molecule has 1 aliphatic carbocycles. The first-order valence-electron chi connectivity index (χ1n) is 8.00. The van der Waals surface area contributed by atoms with Crippen molar-refractivity contribution in [3.05, 3.63) is 29.6 Å². The standard InChI is InChI=1S/C17H25N3O2/c1-12(2)13-7-6-8-14(19-13)16(22)20-17(11-15(18)21)9-4-3-5-10-17/h6-8,12H,3-5,9-11H2,1-2H3,(H2,18,21)(H,20,22). The molecule has 22 heavy (non-hydrogen) atoms. The Hall–Kier alpha value is -1.91. The van der Waals surface area contributed by atoms with Crippen molar-refractivity contribution in [1.82, 2.24) is 10.3 Å². The van der Waals surface area contributed by atoms with Crippen molar-refractivity contribution in [3.8, 4) is 0 Å². The van der Waals surface area contributed by atoms with Gasteiger partial charge < -0.3 is 11.1 Å². The van der Waals surface area contributed by atoms with Crippen LogP contribution in [0.15, 0.2) is 18.2 Å². The van der Waals surface area contributed by atoms with Gasteiger partial charge in [-0.15, -0.1) is 0 Å². The van der Waals surface area contributed by atoms with Gasteiger partial charge in [-0.25, -0.2) is 4.98 Å². The monoisotopic (exact) mass is 303 g/mol. The van der Waals surface area contributed by atoms with E-state index in [1.165, 1.54) is 0 Å². The number of pyridine rings is 1. The van der Waals surface area contributed by atoms with E-state index in [2.05, 4.69) is 10.3 Å². The lowest BCUT2D eigenvalue weighted by Crippen LogP contribution is -2.52. The number of amides is 2. The number of hydrogen-bond donors (Lipinski definition) is 2. The summed E-state index contributed by atoms with van der Waals surface area (Å²) in [5.74, 6) is -0.321. The molecule has 0 bridgehead atoms. The summed E-state index contributed by atoms with van der Waals surface area (Å²) >= 11 is 0. The molecule has 3 N–H and O–H groups in total. The summed E-state index contributed by atoms with van der Waals surface area (Å²) in [5.41, 5.74) is 6.17. The normalized spacial score (nSPS) is 17.2. The molecule has 0 radical (unpaired) electrons. The number of carbonyl (C=O) groups excluding carboxylic acids is 2. The highest BCUT2D eigenvalue weighted by Crippen LogP contribution is 2.31. The van der Waals surface area contributed by atoms with Crippen LogP contribution in [0, 0.1) is 0 Å². The fourth-order valence-corrected chi connectivity index (χ4v) is 3.11. The van der Waals surface area contributed by atoms with Gasteiger partial charge in [0, 0.05) is 17.7 Å². The summed E-state index contributed by atoms with van der Waals surface area (Å²) in [6, 6.07) is 5.47. The third-order valence-electron chi connectivity index (χ3n) is 4.30. The highest BCUT2D eigenvalue weighted by atomic mass is 16.2. The fraction of sp³-hybridized carbons (Fsp3) is 0.588. The molecule has 0 unspecified atom stereocenters. The predicted molar refractivity (Wildman–Crippen MR) is 85.4 cm³/mol. The van der Waals surface area contributed by atoms with Crippen LogP contribution < -0.4 is 11.1 Å². The van der Waals surface area contributed by atoms with E-state index in [0.717, 1.165) is 37.8 Å². The predicted octanol–water partition coefficient (Wildman–Crippen LogP) is 2.51. The molecule has 120 valence electrons. The SMILES string of the molecule is CC(C)c1cccc(C(=O)NC2(CC(N)=O)CCCCC2)n1. The second kappa shape index (κ2) is 6.90. The van der Waals surface area contributed by atoms with E-state index >= 15 is 0 Å². The quantitative estimate of drug-likeness (QED) is 0.876. The zero-order chi connectivity index (χ0) is 16.2. The highest BCUT2D eigenvalue weighted by Gasteiger charge is 2.35. The molecule has 1 heterocycles. The Labute approximate surface area is 131 Å². The van der Waals surface area contributed by atoms with E-state index in [4.69, 9.17) is 5.73 Å². The van der Waals surface area contributed by atoms with E-state index in [1.54, 1.807) is 6.07 Å². The number of aromatic nitrogens is 1. The van der Waals surface area contributed by atoms with Crippen molar-refractivity contribution < 1.29 is 9.59 Å². The van der Waals surface area contributed by atoms with Crippen LogP contribution in [0.4, 0.5) is 0 Å². The van der Waals surface area contributed by atoms with Gasteiger partial charge in [-0.1, -0.05) is 39.2 Å². The molecule has 1 aromatic heterocycles. The number of nitrogens with one attached hydrogen (secondary N) is 1. The Morgan fingerprint density at radius 3 is 2.55 bits per heavy atom. The third kappa shape index (κ3) is 4.06. The zero-order valence-corrected chi connectivity index (χ0v) is 13.4. The number of rotatable bonds is 5. The Morgan fingerprint density at radius 1 is 1.27 bits per heavy atom. The fourth-order valence-electron chi connectivity index (χ4n) is 3.11. The smallest absolute Gasteiger partial charge is 0.270 e. The summed E-state index contributed by atoms with van der Waals surface area (Å²) in [7, 11) is 0. The van der Waals surface area contributed by atoms with Crippen LogP contribution in [-0.2, 0) is 4.79 Å². The van der Waals surface area contributed by atoms with Crippen molar-refractivity contribution in [2.24, 2.45) is 5.73 Å². The van der Waals surface area contributed by atoms with Crippen molar-refractivity contribution in [1.29, 1.82) is 0 Å². The van der Waals surface area contributed by atoms with E-state index in [9.17, 15) is 9.59 Å². The number of carbonyl (C=O) groups is 2. The van der Waals surface area contributed by atoms with Gasteiger partial charge in [0.2, 0.25) is 5.91 Å². The molecule has 1 fully saturated rings. The number of primary amides is 1. The molecule has 0 atom stereocenters. The number of nitrogens with zero attached hydrogens (tertiary/aromatic N) is 1. The minimum atomic E-state index is -0.503. The first-order chi connectivity index (χ1) is 10.4. The second-order valence-corrected chi connectivity index (χ2v) is 6.54. The number of hydrogen-bond acceptors (Lipinski definition) is 3. The summed E-state index contributed by atoms with van der Waals surface area (Å²) in [5, 5.41) is 3.04. The van der Waals surface area contributed by atoms with E-state index in [1.807, 2.05) is 26.0 Å². The van der Waals surface area contributed by atoms with Crippen LogP contribution in [0.3, 0.4) is 0 Å². The minimum absolute atomic E-state index is 0.197. The van der Waals surface area contributed by atoms with Gasteiger partial charge in [-0.05, 0) is 30.9 Å². The molecule has 1 aromatic rings. The molecule has 0 aromatic carbocycles. The maximum absolute atomic E-state index is 12.5. The average Bonchev–Trinajstić information content (AvgIpc) is 2.47. The molecule has 5 heteroatoms. The molecule has 0 saturated heterocycles. The van der Waals surface area contributed by atoms with Crippen LogP contribution in [0.5, 0.6) is 0 Å². The van der Waals surface area contributed by atoms with Crippen LogP contribution in [-0.4, -0.2) is 22.3 Å². The van der Waals surface area contributed by atoms with Gasteiger partial charge in [-0.2, -0.15) is 0 Å². The van der Waals surface area contributed by atoms with Crippen molar-refractivity contribution in [2.45, 2.75) is 63.8 Å². The summed E-state index contributed by atoms with van der Waals surface area (Å²) in [6.45, 7) is 4.08. The van der Waals surface area contributed by atoms with Gasteiger partial charge in [0.05, 0.1) is 0 Å². The lowest BCUT2D eigenvalue weighted by Gasteiger charge is -2.37. The third-order valence-corrected chi connectivity index (χ3v) is 4.30. The van der Waals surface area contributed by atoms with E-state index < -0.39 is 5.54 Å². The van der Waals surface area contributed by atoms with Crippen molar-refractivity contribution in [2.75, 3.05) is 0 Å². The number of nitrogens with two attached hydrogens (primary N) is 1. The average molecular weight is 303 g/mol. The van der Waals surface area contributed by atoms with Crippen LogP contribution in [0.2, 0.25) is 0 Å². The Morgan fingerprint density at radius 2 is 1.95 bits per heavy atom. The van der Waals surface area contributed by atoms with Gasteiger partial charge in [0.1, 0.15) is 5.69 Å². The molecule has 2 amide bonds. The molecule has 0 aliphatic heterocycles. The van der Waals surface area contributed by atoms with Gasteiger partial charge >= 0.3 is 0 Å². The van der Waals surface area contributed by atoms with Crippen LogP contribution >= 0.6 is 0 Å². The molecular formula is C17H25N3O2. The van der Waals surface area contributed by atoms with E-state index in [-0.39, 0.29) is 24.2 Å². The first kappa shape index (κ1) is 16.5. The van der Waals surface area contributed by atoms with Crippen LogP contribution in [0.1, 0.15) is 74.5 Å². The molecule has 5 nitrogen and oxygen atoms in total. The molecule has 1 aliphatic rings. The van der Waals surface area contributed by atoms with Gasteiger partial charge in [0.25, 0.3) is 5.91 Å². The Kier molecular flexibility index (Phi) is 5.16. The maximum atomic E-state index is 12.5. The van der Waals surface area contributed by atoms with E-state index in [0.29, 0.717) is 5.69 Å². The van der Waals surface area contributed by atoms with Crippen molar-refractivity contribution >= 4 is 11.8 Å². The molecule has 0 spiro atoms. The largest absolute Gasteiger partial charge is 0.370 e. The van der Waals surface area contributed by atoms with Gasteiger partial charge in [-0.3, -0.25) is 9.59 Å². The van der Waals surface area contributed by atoms with Crippen molar-refractivity contribution in [3.63, 3.8) is 0 Å². The first-order valence-corrected chi connectivity index (χ1v) is 8.00. The highest BCUT2D eigenvalue weighted by molar-refractivity contribution is 5.93. The molecule has 1 saturated carbocycles. The lowest BCUT2D eigenvalue weighted by molar-refractivity contribution is -0.119. The minimum Gasteiger partial charge on any atom is -0.370 e. The van der Waals surface area contributed by atoms with Crippen LogP contribution in [0.25, 0.3) is 0 Å². The summed E-state index contributed by atoms with van der Waals surface area (Å²) < 4.78 is 0. The molecule has 2 rings (SSSR count). The zero-order valence-electron chi connectivity index (χ0n) is 13.4. The topological polar surface area (TPSA) is 85.1 Å². The Bertz CT molecular complexity index is 549. The van der Waals surface area contributed by atoms with Gasteiger partial charge in [0.15, 0.2) is 0 Å². The molecular weight excluding hydrogens is 278 g/mol. The Balaban J connectivity index is 2.17. The second-order valence-electron chi connectivity index (χ2n) is 6.54.